The normalized spacial score (nSPS) is 12.5. The third kappa shape index (κ3) is 5.13. The molecule has 2 amide bonds. The molecule has 25 heavy (non-hydrogen) atoms. The smallest absolute Gasteiger partial charge is 0.245 e. The minimum Gasteiger partial charge on any atom is -0.328 e. The number of thiazole rings is 1. The van der Waals surface area contributed by atoms with E-state index in [-0.39, 0.29) is 24.3 Å². The van der Waals surface area contributed by atoms with Gasteiger partial charge in [-0.15, -0.1) is 11.3 Å². The molecular weight excluding hydrogens is 334 g/mol. The fraction of sp³-hybridized carbons (Fsp3) is 0.421. The van der Waals surface area contributed by atoms with Gasteiger partial charge in [0.25, 0.3) is 0 Å². The number of amides is 2. The first-order chi connectivity index (χ1) is 11.8. The molecule has 0 aliphatic heterocycles. The van der Waals surface area contributed by atoms with Gasteiger partial charge in [0.1, 0.15) is 6.54 Å². The van der Waals surface area contributed by atoms with E-state index >= 15 is 0 Å². The van der Waals surface area contributed by atoms with E-state index in [1.165, 1.54) is 11.3 Å². The summed E-state index contributed by atoms with van der Waals surface area (Å²) in [6.45, 7) is 7.83. The Morgan fingerprint density at radius 1 is 1.24 bits per heavy atom. The van der Waals surface area contributed by atoms with Gasteiger partial charge in [0, 0.05) is 17.1 Å². The van der Waals surface area contributed by atoms with Gasteiger partial charge in [-0.1, -0.05) is 37.3 Å². The number of carbonyl (C=O) groups is 2. The van der Waals surface area contributed by atoms with Crippen LogP contribution in [0.25, 0.3) is 0 Å². The van der Waals surface area contributed by atoms with Crippen LogP contribution in [0.3, 0.4) is 0 Å². The molecule has 134 valence electrons. The predicted octanol–water partition coefficient (Wildman–Crippen LogP) is 3.90. The zero-order valence-corrected chi connectivity index (χ0v) is 16.0. The summed E-state index contributed by atoms with van der Waals surface area (Å²) in [6.07, 6.45) is 2.32. The van der Waals surface area contributed by atoms with Crippen molar-refractivity contribution in [1.29, 1.82) is 0 Å². The van der Waals surface area contributed by atoms with Gasteiger partial charge in [-0.3, -0.25) is 9.59 Å². The molecule has 5 nitrogen and oxygen atoms in total. The number of nitrogens with one attached hydrogen (secondary N) is 1. The first-order valence-electron chi connectivity index (χ1n) is 8.38. The number of hydrogen-bond acceptors (Lipinski definition) is 4. The quantitative estimate of drug-likeness (QED) is 0.851. The molecule has 0 bridgehead atoms. The Hall–Kier alpha value is -2.21. The number of benzene rings is 1. The van der Waals surface area contributed by atoms with Crippen molar-refractivity contribution >= 4 is 28.3 Å². The van der Waals surface area contributed by atoms with Crippen LogP contribution in [0, 0.1) is 0 Å². The lowest BCUT2D eigenvalue weighted by molar-refractivity contribution is -0.141. The highest BCUT2D eigenvalue weighted by atomic mass is 32.1. The minimum absolute atomic E-state index is 0.00521. The molecule has 0 saturated heterocycles. The highest BCUT2D eigenvalue weighted by Crippen LogP contribution is 2.26. The highest BCUT2D eigenvalue weighted by Gasteiger charge is 2.33. The average Bonchev–Trinajstić information content (AvgIpc) is 3.06. The molecule has 0 fully saturated rings. The molecule has 0 aliphatic carbocycles. The Balaban J connectivity index is 2.18. The van der Waals surface area contributed by atoms with Crippen LogP contribution in [0.2, 0.25) is 0 Å². The predicted molar refractivity (Wildman–Crippen MR) is 102 cm³/mol. The van der Waals surface area contributed by atoms with Gasteiger partial charge in [0.15, 0.2) is 5.13 Å². The molecule has 1 aromatic heterocycles. The minimum atomic E-state index is -0.459. The van der Waals surface area contributed by atoms with Crippen LogP contribution in [-0.2, 0) is 9.59 Å². The second-order valence-corrected chi connectivity index (χ2v) is 7.75. The molecule has 1 N–H and O–H groups in total. The molecule has 1 atom stereocenters. The fourth-order valence-corrected chi connectivity index (χ4v) is 3.20. The number of nitrogens with zero attached hydrogens (tertiary/aromatic N) is 2. The molecule has 6 heteroatoms. The lowest BCUT2D eigenvalue weighted by Crippen LogP contribution is -2.51. The van der Waals surface area contributed by atoms with Gasteiger partial charge in [-0.25, -0.2) is 4.98 Å². The molecule has 0 aliphatic rings. The van der Waals surface area contributed by atoms with Gasteiger partial charge in [-0.05, 0) is 32.8 Å². The van der Waals surface area contributed by atoms with E-state index in [0.717, 1.165) is 5.56 Å². The van der Waals surface area contributed by atoms with E-state index < -0.39 is 5.54 Å². The van der Waals surface area contributed by atoms with Crippen LogP contribution in [-0.4, -0.2) is 33.8 Å². The summed E-state index contributed by atoms with van der Waals surface area (Å²) in [5.41, 5.74) is 0.518. The summed E-state index contributed by atoms with van der Waals surface area (Å²) in [7, 11) is 0. The largest absolute Gasteiger partial charge is 0.328 e. The van der Waals surface area contributed by atoms with E-state index in [1.54, 1.807) is 16.5 Å². The number of carbonyl (C=O) groups excluding carboxylic acids is 2. The van der Waals surface area contributed by atoms with Gasteiger partial charge < -0.3 is 10.2 Å². The maximum absolute atomic E-state index is 13.2. The van der Waals surface area contributed by atoms with Crippen LogP contribution in [0.1, 0.15) is 45.6 Å². The Labute approximate surface area is 153 Å². The van der Waals surface area contributed by atoms with Crippen LogP contribution in [0.4, 0.5) is 5.13 Å². The molecule has 0 saturated carbocycles. The summed E-state index contributed by atoms with van der Waals surface area (Å²) in [4.78, 5) is 31.3. The van der Waals surface area contributed by atoms with Crippen molar-refractivity contribution in [2.24, 2.45) is 0 Å². The van der Waals surface area contributed by atoms with Crippen LogP contribution in [0.5, 0.6) is 0 Å². The van der Waals surface area contributed by atoms with Gasteiger partial charge >= 0.3 is 0 Å². The SMILES string of the molecule is CC[C@@H](C(=O)N(CC(=O)Nc1nccs1)C(C)(C)C)c1ccccc1. The van der Waals surface area contributed by atoms with E-state index in [0.29, 0.717) is 11.6 Å². The number of rotatable bonds is 6. The zero-order chi connectivity index (χ0) is 18.4. The molecule has 1 aromatic carbocycles. The first kappa shape index (κ1) is 19.1. The lowest BCUT2D eigenvalue weighted by atomic mass is 9.92. The van der Waals surface area contributed by atoms with Crippen molar-refractivity contribution in [3.05, 3.63) is 47.5 Å². The van der Waals surface area contributed by atoms with Crippen molar-refractivity contribution in [1.82, 2.24) is 9.88 Å². The van der Waals surface area contributed by atoms with E-state index in [9.17, 15) is 9.59 Å². The molecular formula is C19H25N3O2S. The number of anilines is 1. The Morgan fingerprint density at radius 2 is 1.92 bits per heavy atom. The summed E-state index contributed by atoms with van der Waals surface area (Å²) < 4.78 is 0. The van der Waals surface area contributed by atoms with Gasteiger partial charge in [-0.2, -0.15) is 0 Å². The standard InChI is InChI=1S/C19H25N3O2S/c1-5-15(14-9-7-6-8-10-14)17(24)22(19(2,3)4)13-16(23)21-18-20-11-12-25-18/h6-12,15H,5,13H2,1-4H3,(H,20,21,23)/t15-/m1/s1. The third-order valence-corrected chi connectivity index (χ3v) is 4.65. The lowest BCUT2D eigenvalue weighted by Gasteiger charge is -2.37. The second kappa shape index (κ2) is 8.25. The zero-order valence-electron chi connectivity index (χ0n) is 15.2. The monoisotopic (exact) mass is 359 g/mol. The highest BCUT2D eigenvalue weighted by molar-refractivity contribution is 7.13. The Morgan fingerprint density at radius 3 is 2.44 bits per heavy atom. The van der Waals surface area contributed by atoms with E-state index in [2.05, 4.69) is 10.3 Å². The maximum atomic E-state index is 13.2. The average molecular weight is 359 g/mol. The fourth-order valence-electron chi connectivity index (χ4n) is 2.66. The van der Waals surface area contributed by atoms with Crippen LogP contribution in [0.15, 0.2) is 41.9 Å². The topological polar surface area (TPSA) is 62.3 Å². The molecule has 2 aromatic rings. The summed E-state index contributed by atoms with van der Waals surface area (Å²) in [6, 6.07) is 9.72. The second-order valence-electron chi connectivity index (χ2n) is 6.85. The van der Waals surface area contributed by atoms with Crippen molar-refractivity contribution in [3.8, 4) is 0 Å². The number of hydrogen-bond donors (Lipinski definition) is 1. The van der Waals surface area contributed by atoms with Gasteiger partial charge in [0.05, 0.1) is 5.92 Å². The molecule has 1 heterocycles. The summed E-state index contributed by atoms with van der Waals surface area (Å²) in [5, 5.41) is 5.09. The Bertz CT molecular complexity index is 693. The van der Waals surface area contributed by atoms with E-state index in [4.69, 9.17) is 0 Å². The van der Waals surface area contributed by atoms with Crippen molar-refractivity contribution in [2.75, 3.05) is 11.9 Å². The summed E-state index contributed by atoms with van der Waals surface area (Å²) in [5.74, 6) is -0.523. The van der Waals surface area contributed by atoms with Crippen molar-refractivity contribution in [2.45, 2.75) is 45.6 Å². The third-order valence-electron chi connectivity index (χ3n) is 3.96. The van der Waals surface area contributed by atoms with E-state index in [1.807, 2.05) is 58.0 Å². The number of aromatic nitrogens is 1. The van der Waals surface area contributed by atoms with Crippen LogP contribution >= 0.6 is 11.3 Å². The molecule has 0 unspecified atom stereocenters. The summed E-state index contributed by atoms with van der Waals surface area (Å²) >= 11 is 1.36. The Kier molecular flexibility index (Phi) is 6.31. The maximum Gasteiger partial charge on any atom is 0.245 e. The van der Waals surface area contributed by atoms with Gasteiger partial charge in [0.2, 0.25) is 11.8 Å². The van der Waals surface area contributed by atoms with Crippen molar-refractivity contribution in [3.63, 3.8) is 0 Å². The molecule has 0 radical (unpaired) electrons. The molecule has 2 rings (SSSR count). The molecule has 0 spiro atoms. The first-order valence-corrected chi connectivity index (χ1v) is 9.26. The van der Waals surface area contributed by atoms with Crippen LogP contribution < -0.4 is 5.32 Å². The van der Waals surface area contributed by atoms with Crippen molar-refractivity contribution < 1.29 is 9.59 Å².